The molecule has 0 aromatic heterocycles. The number of benzene rings is 1. The molecule has 0 heterocycles. The fraction of sp³-hybridized carbons (Fsp3) is 0.667. The van der Waals surface area contributed by atoms with Crippen LogP contribution in [0, 0.1) is 5.92 Å². The molecule has 0 radical (unpaired) electrons. The van der Waals surface area contributed by atoms with Gasteiger partial charge in [-0.25, -0.2) is 0 Å². The summed E-state index contributed by atoms with van der Waals surface area (Å²) in [6.07, 6.45) is 6.32. The second-order valence-corrected chi connectivity index (χ2v) is 5.47. The molecule has 1 unspecified atom stereocenters. The highest BCUT2D eigenvalue weighted by molar-refractivity contribution is 5.25. The molecule has 1 aromatic rings. The molecule has 108 valence electrons. The molecule has 1 aromatic carbocycles. The highest BCUT2D eigenvalue weighted by atomic mass is 14.9. The summed E-state index contributed by atoms with van der Waals surface area (Å²) in [6.45, 7) is 10.1. The van der Waals surface area contributed by atoms with E-state index in [1.807, 2.05) is 0 Å². The third-order valence-electron chi connectivity index (χ3n) is 3.96. The second kappa shape index (κ2) is 9.14. The first-order valence-electron chi connectivity index (χ1n) is 8.08. The average Bonchev–Trinajstić information content (AvgIpc) is 2.45. The van der Waals surface area contributed by atoms with Crippen molar-refractivity contribution in [2.45, 2.75) is 65.8 Å². The van der Waals surface area contributed by atoms with E-state index in [1.54, 1.807) is 0 Å². The van der Waals surface area contributed by atoms with Crippen LogP contribution in [-0.4, -0.2) is 6.54 Å². The van der Waals surface area contributed by atoms with Crippen molar-refractivity contribution >= 4 is 0 Å². The van der Waals surface area contributed by atoms with Crippen LogP contribution < -0.4 is 5.32 Å². The normalized spacial score (nSPS) is 12.9. The van der Waals surface area contributed by atoms with E-state index in [-0.39, 0.29) is 0 Å². The van der Waals surface area contributed by atoms with E-state index in [1.165, 1.54) is 36.8 Å². The quantitative estimate of drug-likeness (QED) is 0.651. The maximum absolute atomic E-state index is 3.71. The molecule has 0 bridgehead atoms. The van der Waals surface area contributed by atoms with Crippen molar-refractivity contribution in [3.05, 3.63) is 35.4 Å². The van der Waals surface area contributed by atoms with Gasteiger partial charge in [0.05, 0.1) is 0 Å². The molecule has 0 saturated heterocycles. The second-order valence-electron chi connectivity index (χ2n) is 5.47. The van der Waals surface area contributed by atoms with Gasteiger partial charge in [0.2, 0.25) is 0 Å². The summed E-state index contributed by atoms with van der Waals surface area (Å²) in [5, 5.41) is 3.71. The minimum Gasteiger partial charge on any atom is -0.310 e. The Morgan fingerprint density at radius 3 is 1.89 bits per heavy atom. The molecule has 0 aliphatic rings. The fourth-order valence-corrected chi connectivity index (χ4v) is 2.96. The molecule has 1 rings (SSSR count). The van der Waals surface area contributed by atoms with Gasteiger partial charge in [0, 0.05) is 6.04 Å². The number of hydrogen-bond acceptors (Lipinski definition) is 1. The molecule has 19 heavy (non-hydrogen) atoms. The maximum Gasteiger partial charge on any atom is 0.0348 e. The number of nitrogens with one attached hydrogen (secondary N) is 1. The van der Waals surface area contributed by atoms with Crippen molar-refractivity contribution in [2.24, 2.45) is 5.92 Å². The SMILES string of the molecule is CCCC(CCC)C(NCC)c1ccc(CC)cc1. The van der Waals surface area contributed by atoms with Gasteiger partial charge in [0.25, 0.3) is 0 Å². The Labute approximate surface area is 119 Å². The van der Waals surface area contributed by atoms with Crippen molar-refractivity contribution in [3.63, 3.8) is 0 Å². The summed E-state index contributed by atoms with van der Waals surface area (Å²) in [5.74, 6) is 0.766. The summed E-state index contributed by atoms with van der Waals surface area (Å²) in [6, 6.07) is 9.74. The van der Waals surface area contributed by atoms with E-state index < -0.39 is 0 Å². The lowest BCUT2D eigenvalue weighted by molar-refractivity contribution is 0.320. The van der Waals surface area contributed by atoms with E-state index >= 15 is 0 Å². The lowest BCUT2D eigenvalue weighted by Crippen LogP contribution is -2.28. The summed E-state index contributed by atoms with van der Waals surface area (Å²) in [5.41, 5.74) is 2.90. The Morgan fingerprint density at radius 2 is 1.47 bits per heavy atom. The van der Waals surface area contributed by atoms with Crippen LogP contribution in [0.5, 0.6) is 0 Å². The molecule has 0 fully saturated rings. The van der Waals surface area contributed by atoms with Crippen molar-refractivity contribution in [3.8, 4) is 0 Å². The highest BCUT2D eigenvalue weighted by Crippen LogP contribution is 2.29. The maximum atomic E-state index is 3.71. The molecule has 1 nitrogen and oxygen atoms in total. The summed E-state index contributed by atoms with van der Waals surface area (Å²) >= 11 is 0. The Bertz CT molecular complexity index is 322. The lowest BCUT2D eigenvalue weighted by Gasteiger charge is -2.28. The van der Waals surface area contributed by atoms with Gasteiger partial charge in [-0.15, -0.1) is 0 Å². The third-order valence-corrected chi connectivity index (χ3v) is 3.96. The summed E-state index contributed by atoms with van der Waals surface area (Å²) in [4.78, 5) is 0. The van der Waals surface area contributed by atoms with Crippen LogP contribution >= 0.6 is 0 Å². The zero-order chi connectivity index (χ0) is 14.1. The predicted molar refractivity (Wildman–Crippen MR) is 85.5 cm³/mol. The zero-order valence-corrected chi connectivity index (χ0v) is 13.2. The van der Waals surface area contributed by atoms with E-state index in [4.69, 9.17) is 0 Å². The van der Waals surface area contributed by atoms with Gasteiger partial charge in [-0.1, -0.05) is 64.8 Å². The Morgan fingerprint density at radius 1 is 0.895 bits per heavy atom. The van der Waals surface area contributed by atoms with Gasteiger partial charge in [-0.2, -0.15) is 0 Å². The molecule has 1 atom stereocenters. The number of aryl methyl sites for hydroxylation is 1. The predicted octanol–water partition coefficient (Wildman–Crippen LogP) is 5.12. The van der Waals surface area contributed by atoms with Crippen LogP contribution in [0.4, 0.5) is 0 Å². The third kappa shape index (κ3) is 4.99. The Balaban J connectivity index is 2.88. The minimum absolute atomic E-state index is 0.524. The molecular weight excluding hydrogens is 230 g/mol. The van der Waals surface area contributed by atoms with Crippen molar-refractivity contribution in [1.29, 1.82) is 0 Å². The van der Waals surface area contributed by atoms with Crippen molar-refractivity contribution in [2.75, 3.05) is 6.54 Å². The standard InChI is InChI=1S/C18H31N/c1-5-9-16(10-6-2)18(19-8-4)17-13-11-15(7-3)12-14-17/h11-14,16,18-19H,5-10H2,1-4H3. The molecule has 1 heteroatoms. The average molecular weight is 261 g/mol. The van der Waals surface area contributed by atoms with Crippen LogP contribution in [-0.2, 0) is 6.42 Å². The highest BCUT2D eigenvalue weighted by Gasteiger charge is 2.20. The van der Waals surface area contributed by atoms with E-state index in [0.717, 1.165) is 18.9 Å². The Kier molecular flexibility index (Phi) is 7.81. The lowest BCUT2D eigenvalue weighted by atomic mass is 9.85. The Hall–Kier alpha value is -0.820. The van der Waals surface area contributed by atoms with Crippen LogP contribution in [0.3, 0.4) is 0 Å². The summed E-state index contributed by atoms with van der Waals surface area (Å²) in [7, 11) is 0. The molecule has 0 amide bonds. The summed E-state index contributed by atoms with van der Waals surface area (Å²) < 4.78 is 0. The van der Waals surface area contributed by atoms with Gasteiger partial charge in [-0.3, -0.25) is 0 Å². The van der Waals surface area contributed by atoms with Crippen molar-refractivity contribution < 1.29 is 0 Å². The number of rotatable bonds is 9. The van der Waals surface area contributed by atoms with E-state index in [0.29, 0.717) is 6.04 Å². The fourth-order valence-electron chi connectivity index (χ4n) is 2.96. The van der Waals surface area contributed by atoms with Gasteiger partial charge < -0.3 is 5.32 Å². The van der Waals surface area contributed by atoms with Crippen LogP contribution in [0.1, 0.15) is 70.5 Å². The van der Waals surface area contributed by atoms with Gasteiger partial charge in [-0.05, 0) is 42.9 Å². The molecule has 1 N–H and O–H groups in total. The zero-order valence-electron chi connectivity index (χ0n) is 13.2. The van der Waals surface area contributed by atoms with Crippen LogP contribution in [0.15, 0.2) is 24.3 Å². The van der Waals surface area contributed by atoms with Gasteiger partial charge >= 0.3 is 0 Å². The number of hydrogen-bond donors (Lipinski definition) is 1. The van der Waals surface area contributed by atoms with E-state index in [9.17, 15) is 0 Å². The molecular formula is C18H31N. The first-order valence-corrected chi connectivity index (χ1v) is 8.08. The smallest absolute Gasteiger partial charge is 0.0348 e. The largest absolute Gasteiger partial charge is 0.310 e. The first-order chi connectivity index (χ1) is 9.26. The molecule has 0 aliphatic heterocycles. The van der Waals surface area contributed by atoms with Crippen LogP contribution in [0.2, 0.25) is 0 Å². The van der Waals surface area contributed by atoms with Gasteiger partial charge in [0.15, 0.2) is 0 Å². The topological polar surface area (TPSA) is 12.0 Å². The molecule has 0 spiro atoms. The molecule has 0 saturated carbocycles. The molecule has 0 aliphatic carbocycles. The van der Waals surface area contributed by atoms with Gasteiger partial charge in [0.1, 0.15) is 0 Å². The minimum atomic E-state index is 0.524. The van der Waals surface area contributed by atoms with Crippen LogP contribution in [0.25, 0.3) is 0 Å². The van der Waals surface area contributed by atoms with Crippen molar-refractivity contribution in [1.82, 2.24) is 5.32 Å². The van der Waals surface area contributed by atoms with E-state index in [2.05, 4.69) is 57.3 Å². The monoisotopic (exact) mass is 261 g/mol. The first kappa shape index (κ1) is 16.2.